The fraction of sp³-hybridized carbons (Fsp3) is 0.250. The predicted molar refractivity (Wildman–Crippen MR) is 68.4 cm³/mol. The van der Waals surface area contributed by atoms with Crippen LogP contribution < -0.4 is 4.74 Å². The van der Waals surface area contributed by atoms with Crippen LogP contribution in [0.3, 0.4) is 0 Å². The van der Waals surface area contributed by atoms with Gasteiger partial charge in [0.15, 0.2) is 6.29 Å². The van der Waals surface area contributed by atoms with Crippen LogP contribution in [0.4, 0.5) is 0 Å². The molecule has 7 heteroatoms. The summed E-state index contributed by atoms with van der Waals surface area (Å²) in [6.07, 6.45) is 0.543. The van der Waals surface area contributed by atoms with E-state index in [1.54, 1.807) is 0 Å². The monoisotopic (exact) mass is 330 g/mol. The van der Waals surface area contributed by atoms with E-state index in [2.05, 4.69) is 25.4 Å². The molecule has 19 heavy (non-hydrogen) atoms. The van der Waals surface area contributed by atoms with E-state index in [1.165, 1.54) is 26.4 Å². The maximum Gasteiger partial charge on any atom is 0.341 e. The molecule has 1 aromatic carbocycles. The predicted octanol–water partition coefficient (Wildman–Crippen LogP) is 1.60. The Morgan fingerprint density at radius 2 is 1.84 bits per heavy atom. The van der Waals surface area contributed by atoms with Crippen molar-refractivity contribution in [1.29, 1.82) is 0 Å². The first kappa shape index (κ1) is 15.2. The van der Waals surface area contributed by atoms with Crippen LogP contribution in [0, 0.1) is 0 Å². The second-order valence-corrected chi connectivity index (χ2v) is 4.15. The lowest BCUT2D eigenvalue weighted by Crippen LogP contribution is -2.11. The maximum atomic E-state index is 11.6. The molecule has 0 radical (unpaired) electrons. The summed E-state index contributed by atoms with van der Waals surface area (Å²) in [5.41, 5.74) is 0.187. The third kappa shape index (κ3) is 3.54. The first-order chi connectivity index (χ1) is 9.04. The molecular formula is C12H11BrO6. The van der Waals surface area contributed by atoms with Crippen molar-refractivity contribution in [3.63, 3.8) is 0 Å². The summed E-state index contributed by atoms with van der Waals surface area (Å²) in [5, 5.41) is 0. The largest absolute Gasteiger partial charge is 0.484 e. The zero-order valence-corrected chi connectivity index (χ0v) is 11.9. The van der Waals surface area contributed by atoms with Gasteiger partial charge >= 0.3 is 11.9 Å². The fourth-order valence-electron chi connectivity index (χ4n) is 1.35. The van der Waals surface area contributed by atoms with Crippen molar-refractivity contribution >= 4 is 34.2 Å². The normalized spacial score (nSPS) is 9.63. The first-order valence-electron chi connectivity index (χ1n) is 5.11. The first-order valence-corrected chi connectivity index (χ1v) is 5.91. The SMILES string of the molecule is COC(=O)c1cc(Br)c(OCC=O)c(C(=O)OC)c1. The van der Waals surface area contributed by atoms with Crippen LogP contribution in [0.5, 0.6) is 5.75 Å². The van der Waals surface area contributed by atoms with E-state index >= 15 is 0 Å². The molecule has 0 N–H and O–H groups in total. The molecule has 0 amide bonds. The number of hydrogen-bond donors (Lipinski definition) is 0. The van der Waals surface area contributed by atoms with Crippen molar-refractivity contribution in [3.8, 4) is 5.75 Å². The summed E-state index contributed by atoms with van der Waals surface area (Å²) in [4.78, 5) is 33.4. The lowest BCUT2D eigenvalue weighted by Gasteiger charge is -2.12. The molecule has 0 saturated heterocycles. The van der Waals surface area contributed by atoms with Gasteiger partial charge in [-0.15, -0.1) is 0 Å². The minimum atomic E-state index is -0.688. The average Bonchev–Trinajstić information content (AvgIpc) is 2.43. The molecule has 0 aliphatic carbocycles. The Balaban J connectivity index is 3.33. The summed E-state index contributed by atoms with van der Waals surface area (Å²) in [6.45, 7) is -0.222. The van der Waals surface area contributed by atoms with Crippen LogP contribution in [-0.4, -0.2) is 39.1 Å². The van der Waals surface area contributed by atoms with Gasteiger partial charge in [0.1, 0.15) is 17.9 Å². The number of rotatable bonds is 5. The van der Waals surface area contributed by atoms with E-state index in [0.717, 1.165) is 0 Å². The highest BCUT2D eigenvalue weighted by molar-refractivity contribution is 9.10. The van der Waals surface area contributed by atoms with Crippen molar-refractivity contribution in [2.24, 2.45) is 0 Å². The number of halogens is 1. The molecule has 0 aliphatic heterocycles. The number of esters is 2. The van der Waals surface area contributed by atoms with Crippen molar-refractivity contribution in [1.82, 2.24) is 0 Å². The molecule has 0 atom stereocenters. The average molecular weight is 331 g/mol. The molecule has 0 fully saturated rings. The highest BCUT2D eigenvalue weighted by atomic mass is 79.9. The second-order valence-electron chi connectivity index (χ2n) is 3.30. The van der Waals surface area contributed by atoms with E-state index in [0.29, 0.717) is 10.8 Å². The zero-order valence-electron chi connectivity index (χ0n) is 10.3. The third-order valence-corrected chi connectivity index (χ3v) is 2.75. The highest BCUT2D eigenvalue weighted by Crippen LogP contribution is 2.31. The molecule has 102 valence electrons. The summed E-state index contributed by atoms with van der Waals surface area (Å²) < 4.78 is 14.7. The van der Waals surface area contributed by atoms with E-state index in [4.69, 9.17) is 4.74 Å². The van der Waals surface area contributed by atoms with Crippen molar-refractivity contribution in [2.45, 2.75) is 0 Å². The number of benzene rings is 1. The summed E-state index contributed by atoms with van der Waals surface area (Å²) >= 11 is 3.17. The van der Waals surface area contributed by atoms with Gasteiger partial charge in [-0.25, -0.2) is 9.59 Å². The molecule has 6 nitrogen and oxygen atoms in total. The van der Waals surface area contributed by atoms with Gasteiger partial charge in [0.25, 0.3) is 0 Å². The topological polar surface area (TPSA) is 78.9 Å². The number of hydrogen-bond acceptors (Lipinski definition) is 6. The van der Waals surface area contributed by atoms with Gasteiger partial charge in [0.05, 0.1) is 24.3 Å². The van der Waals surface area contributed by atoms with Gasteiger partial charge < -0.3 is 14.2 Å². The van der Waals surface area contributed by atoms with Crippen LogP contribution in [-0.2, 0) is 14.3 Å². The molecule has 0 aromatic heterocycles. The van der Waals surface area contributed by atoms with Crippen molar-refractivity contribution in [2.75, 3.05) is 20.8 Å². The van der Waals surface area contributed by atoms with Crippen molar-refractivity contribution in [3.05, 3.63) is 27.7 Å². The van der Waals surface area contributed by atoms with Gasteiger partial charge in [-0.05, 0) is 28.1 Å². The Kier molecular flexibility index (Phi) is 5.50. The Bertz CT molecular complexity index is 511. The van der Waals surface area contributed by atoms with Gasteiger partial charge in [-0.2, -0.15) is 0 Å². The van der Waals surface area contributed by atoms with E-state index in [9.17, 15) is 14.4 Å². The molecule has 1 aromatic rings. The summed E-state index contributed by atoms with van der Waals surface area (Å²) in [5.74, 6) is -1.16. The van der Waals surface area contributed by atoms with Gasteiger partial charge in [-0.1, -0.05) is 0 Å². The number of carbonyl (C=O) groups is 3. The van der Waals surface area contributed by atoms with E-state index in [1.807, 2.05) is 0 Å². The Hall–Kier alpha value is -1.89. The quantitative estimate of drug-likeness (QED) is 0.602. The molecular weight excluding hydrogens is 320 g/mol. The minimum Gasteiger partial charge on any atom is -0.484 e. The molecule has 0 saturated carbocycles. The van der Waals surface area contributed by atoms with Crippen LogP contribution in [0.25, 0.3) is 0 Å². The zero-order chi connectivity index (χ0) is 14.4. The fourth-order valence-corrected chi connectivity index (χ4v) is 1.93. The number of methoxy groups -OCH3 is 2. The Morgan fingerprint density at radius 1 is 1.21 bits per heavy atom. The molecule has 0 spiro atoms. The minimum absolute atomic E-state index is 0.0270. The van der Waals surface area contributed by atoms with Crippen LogP contribution in [0.15, 0.2) is 16.6 Å². The van der Waals surface area contributed by atoms with Crippen LogP contribution in [0.1, 0.15) is 20.7 Å². The molecule has 0 aliphatic rings. The summed E-state index contributed by atoms with van der Waals surface area (Å²) in [7, 11) is 2.43. The molecule has 1 rings (SSSR count). The van der Waals surface area contributed by atoms with Gasteiger partial charge in [-0.3, -0.25) is 4.79 Å². The van der Waals surface area contributed by atoms with Gasteiger partial charge in [0.2, 0.25) is 0 Å². The number of carbonyl (C=O) groups excluding carboxylic acids is 3. The van der Waals surface area contributed by atoms with Crippen molar-refractivity contribution < 1.29 is 28.6 Å². The lowest BCUT2D eigenvalue weighted by atomic mass is 10.1. The highest BCUT2D eigenvalue weighted by Gasteiger charge is 2.20. The number of aldehydes is 1. The van der Waals surface area contributed by atoms with Gasteiger partial charge in [0, 0.05) is 0 Å². The molecule has 0 bridgehead atoms. The van der Waals surface area contributed by atoms with E-state index < -0.39 is 11.9 Å². The van der Waals surface area contributed by atoms with E-state index in [-0.39, 0.29) is 23.5 Å². The smallest absolute Gasteiger partial charge is 0.341 e. The second kappa shape index (κ2) is 6.89. The number of ether oxygens (including phenoxy) is 3. The molecule has 0 unspecified atom stereocenters. The Morgan fingerprint density at radius 3 is 2.37 bits per heavy atom. The van der Waals surface area contributed by atoms with Crippen LogP contribution >= 0.6 is 15.9 Å². The summed E-state index contributed by atoms with van der Waals surface area (Å²) in [6, 6.07) is 2.71. The molecule has 0 heterocycles. The third-order valence-electron chi connectivity index (χ3n) is 2.17. The Labute approximate surface area is 117 Å². The standard InChI is InChI=1S/C12H11BrO6/c1-17-11(15)7-5-8(12(16)18-2)10(9(13)6-7)19-4-3-14/h3,5-6H,4H2,1-2H3. The maximum absolute atomic E-state index is 11.6. The van der Waals surface area contributed by atoms with Crippen LogP contribution in [0.2, 0.25) is 0 Å². The lowest BCUT2D eigenvalue weighted by molar-refractivity contribution is -0.109.